The normalized spacial score (nSPS) is 13.5. The van der Waals surface area contributed by atoms with Crippen LogP contribution in [0.15, 0.2) is 66.7 Å². The zero-order chi connectivity index (χ0) is 22.5. The van der Waals surface area contributed by atoms with E-state index in [1.54, 1.807) is 23.1 Å². The summed E-state index contributed by atoms with van der Waals surface area (Å²) < 4.78 is 14.0. The van der Waals surface area contributed by atoms with Gasteiger partial charge >= 0.3 is 6.09 Å². The maximum Gasteiger partial charge on any atom is 0.410 e. The van der Waals surface area contributed by atoms with E-state index in [-0.39, 0.29) is 23.1 Å². The lowest BCUT2D eigenvalue weighted by molar-refractivity contribution is 0.0741. The number of pyridine rings is 1. The zero-order valence-corrected chi connectivity index (χ0v) is 17.2. The molecule has 3 aromatic rings. The number of benzene rings is 2. The molecule has 2 amide bonds. The summed E-state index contributed by atoms with van der Waals surface area (Å²) in [5.74, 6) is -0.810. The number of halogens is 1. The molecular formula is C23H22FN5O3. The van der Waals surface area contributed by atoms with Gasteiger partial charge in [0, 0.05) is 43.6 Å². The van der Waals surface area contributed by atoms with Gasteiger partial charge in [0.25, 0.3) is 5.91 Å². The highest BCUT2D eigenvalue weighted by Crippen LogP contribution is 2.24. The summed E-state index contributed by atoms with van der Waals surface area (Å²) in [6.07, 6.45) is -1.31. The quantitative estimate of drug-likeness (QED) is 0.560. The highest BCUT2D eigenvalue weighted by Gasteiger charge is 2.24. The molecule has 0 aliphatic carbocycles. The molecule has 9 heteroatoms. The van der Waals surface area contributed by atoms with E-state index in [2.05, 4.69) is 20.5 Å². The molecule has 0 saturated carbocycles. The number of amides is 2. The zero-order valence-electron chi connectivity index (χ0n) is 17.2. The van der Waals surface area contributed by atoms with E-state index in [1.165, 1.54) is 18.2 Å². The minimum absolute atomic E-state index is 0.0230. The van der Waals surface area contributed by atoms with Crippen LogP contribution >= 0.6 is 0 Å². The molecule has 32 heavy (non-hydrogen) atoms. The maximum atomic E-state index is 14.0. The molecule has 4 rings (SSSR count). The summed E-state index contributed by atoms with van der Waals surface area (Å²) in [5, 5.41) is 14.1. The number of para-hydroxylation sites is 2. The van der Waals surface area contributed by atoms with Gasteiger partial charge in [-0.2, -0.15) is 0 Å². The van der Waals surface area contributed by atoms with Crippen LogP contribution in [0.4, 0.5) is 32.1 Å². The van der Waals surface area contributed by atoms with Crippen LogP contribution in [0.5, 0.6) is 0 Å². The van der Waals surface area contributed by atoms with Crippen molar-refractivity contribution < 1.29 is 19.1 Å². The fourth-order valence-corrected chi connectivity index (χ4v) is 3.57. The van der Waals surface area contributed by atoms with E-state index in [1.807, 2.05) is 30.3 Å². The van der Waals surface area contributed by atoms with Gasteiger partial charge in [-0.25, -0.2) is 14.2 Å². The third-order valence-electron chi connectivity index (χ3n) is 5.12. The lowest BCUT2D eigenvalue weighted by Gasteiger charge is -2.36. The molecule has 2 aromatic carbocycles. The standard InChI is InChI=1S/C23H22FN5O3/c24-18-8-4-5-9-19(18)25-16-14-20(26-21(15-16)27-23(31)32)22(30)29-12-10-28(11-13-29)17-6-2-1-3-7-17/h1-9,14-15H,10-13H2,(H,31,32)(H2,25,26,27). The number of hydrogen-bond donors (Lipinski definition) is 3. The molecule has 8 nitrogen and oxygen atoms in total. The van der Waals surface area contributed by atoms with Crippen LogP contribution in [0.3, 0.4) is 0 Å². The topological polar surface area (TPSA) is 97.8 Å². The highest BCUT2D eigenvalue weighted by molar-refractivity contribution is 5.95. The van der Waals surface area contributed by atoms with Crippen molar-refractivity contribution in [1.29, 1.82) is 0 Å². The maximum absolute atomic E-state index is 14.0. The van der Waals surface area contributed by atoms with Crippen molar-refractivity contribution in [3.05, 3.63) is 78.2 Å². The van der Waals surface area contributed by atoms with E-state index in [4.69, 9.17) is 5.11 Å². The van der Waals surface area contributed by atoms with Gasteiger partial charge < -0.3 is 20.2 Å². The molecule has 0 atom stereocenters. The Morgan fingerprint density at radius 3 is 2.31 bits per heavy atom. The van der Waals surface area contributed by atoms with Crippen LogP contribution in [0.25, 0.3) is 0 Å². The number of nitrogens with zero attached hydrogens (tertiary/aromatic N) is 3. The smallest absolute Gasteiger partial charge is 0.410 e. The predicted molar refractivity (Wildman–Crippen MR) is 120 cm³/mol. The largest absolute Gasteiger partial charge is 0.465 e. The number of aromatic nitrogens is 1. The molecule has 3 N–H and O–H groups in total. The molecule has 2 heterocycles. The second kappa shape index (κ2) is 9.34. The average molecular weight is 435 g/mol. The Hall–Kier alpha value is -4.14. The molecule has 1 fully saturated rings. The van der Waals surface area contributed by atoms with Crippen molar-refractivity contribution in [2.24, 2.45) is 0 Å². The van der Waals surface area contributed by atoms with E-state index < -0.39 is 11.9 Å². The van der Waals surface area contributed by atoms with Crippen molar-refractivity contribution in [1.82, 2.24) is 9.88 Å². The van der Waals surface area contributed by atoms with Crippen molar-refractivity contribution >= 4 is 34.9 Å². The number of carbonyl (C=O) groups is 2. The highest BCUT2D eigenvalue weighted by atomic mass is 19.1. The number of piperazine rings is 1. The monoisotopic (exact) mass is 435 g/mol. The summed E-state index contributed by atoms with van der Waals surface area (Å²) in [5.41, 5.74) is 1.72. The second-order valence-electron chi connectivity index (χ2n) is 7.28. The van der Waals surface area contributed by atoms with Crippen LogP contribution in [-0.2, 0) is 0 Å². The first kappa shape index (κ1) is 21.1. The Balaban J connectivity index is 1.53. The third kappa shape index (κ3) is 4.94. The molecular weight excluding hydrogens is 413 g/mol. The van der Waals surface area contributed by atoms with Crippen molar-refractivity contribution in [3.8, 4) is 0 Å². The van der Waals surface area contributed by atoms with Gasteiger partial charge in [0.05, 0.1) is 5.69 Å². The minimum Gasteiger partial charge on any atom is -0.465 e. The number of anilines is 4. The summed E-state index contributed by atoms with van der Waals surface area (Å²) in [7, 11) is 0. The molecule has 1 aliphatic heterocycles. The van der Waals surface area contributed by atoms with Gasteiger partial charge in [0.2, 0.25) is 0 Å². The number of nitrogens with one attached hydrogen (secondary N) is 2. The first-order chi connectivity index (χ1) is 15.5. The van der Waals surface area contributed by atoms with Crippen LogP contribution < -0.4 is 15.5 Å². The summed E-state index contributed by atoms with van der Waals surface area (Å²) in [4.78, 5) is 32.3. The second-order valence-corrected chi connectivity index (χ2v) is 7.28. The van der Waals surface area contributed by atoms with Crippen LogP contribution in [0.1, 0.15) is 10.5 Å². The Bertz CT molecular complexity index is 1120. The van der Waals surface area contributed by atoms with Crippen molar-refractivity contribution in [2.45, 2.75) is 0 Å². The Morgan fingerprint density at radius 1 is 0.938 bits per heavy atom. The minimum atomic E-state index is -1.31. The van der Waals surface area contributed by atoms with Gasteiger partial charge in [0.15, 0.2) is 0 Å². The lowest BCUT2D eigenvalue weighted by atomic mass is 10.2. The van der Waals surface area contributed by atoms with E-state index >= 15 is 0 Å². The number of hydrogen-bond acceptors (Lipinski definition) is 5. The molecule has 1 aliphatic rings. The Labute approximate surface area is 184 Å². The van der Waals surface area contributed by atoms with Gasteiger partial charge in [-0.15, -0.1) is 0 Å². The van der Waals surface area contributed by atoms with Crippen LogP contribution in [-0.4, -0.2) is 53.2 Å². The molecule has 0 bridgehead atoms. The Kier molecular flexibility index (Phi) is 6.16. The molecule has 0 spiro atoms. The van der Waals surface area contributed by atoms with E-state index in [9.17, 15) is 14.0 Å². The van der Waals surface area contributed by atoms with Gasteiger partial charge in [-0.1, -0.05) is 30.3 Å². The molecule has 1 saturated heterocycles. The fourth-order valence-electron chi connectivity index (χ4n) is 3.57. The van der Waals surface area contributed by atoms with Crippen LogP contribution in [0.2, 0.25) is 0 Å². The molecule has 0 unspecified atom stereocenters. The fraction of sp³-hybridized carbons (Fsp3) is 0.174. The number of carbonyl (C=O) groups excluding carboxylic acids is 1. The predicted octanol–water partition coefficient (Wildman–Crippen LogP) is 4.02. The van der Waals surface area contributed by atoms with Gasteiger partial charge in [-0.05, 0) is 30.3 Å². The van der Waals surface area contributed by atoms with E-state index in [0.717, 1.165) is 5.69 Å². The molecule has 164 valence electrons. The SMILES string of the molecule is O=C(O)Nc1cc(Nc2ccccc2F)cc(C(=O)N2CCN(c3ccccc3)CC2)n1. The lowest BCUT2D eigenvalue weighted by Crippen LogP contribution is -2.49. The van der Waals surface area contributed by atoms with E-state index in [0.29, 0.717) is 31.9 Å². The molecule has 0 radical (unpaired) electrons. The first-order valence-corrected chi connectivity index (χ1v) is 10.1. The summed E-state index contributed by atoms with van der Waals surface area (Å²) in [6.45, 7) is 2.34. The van der Waals surface area contributed by atoms with Gasteiger partial charge in [0.1, 0.15) is 17.3 Å². The molecule has 1 aromatic heterocycles. The summed E-state index contributed by atoms with van der Waals surface area (Å²) >= 11 is 0. The summed E-state index contributed by atoms with van der Waals surface area (Å²) in [6, 6.07) is 18.9. The first-order valence-electron chi connectivity index (χ1n) is 10.1. The third-order valence-corrected chi connectivity index (χ3v) is 5.12. The number of carboxylic acid groups (broad SMARTS) is 1. The number of rotatable bonds is 5. The Morgan fingerprint density at radius 2 is 1.62 bits per heavy atom. The van der Waals surface area contributed by atoms with Gasteiger partial charge in [-0.3, -0.25) is 10.1 Å². The average Bonchev–Trinajstić information content (AvgIpc) is 2.80. The van der Waals surface area contributed by atoms with Crippen LogP contribution in [0, 0.1) is 5.82 Å². The van der Waals surface area contributed by atoms with Crippen molar-refractivity contribution in [2.75, 3.05) is 41.7 Å². The van der Waals surface area contributed by atoms with Crippen molar-refractivity contribution in [3.63, 3.8) is 0 Å².